The Balaban J connectivity index is 1.70. The monoisotopic (exact) mass is 233 g/mol. The van der Waals surface area contributed by atoms with Crippen LogP contribution in [0.5, 0.6) is 0 Å². The van der Waals surface area contributed by atoms with Crippen molar-refractivity contribution in [2.75, 3.05) is 11.9 Å². The van der Waals surface area contributed by atoms with Crippen molar-refractivity contribution in [1.29, 1.82) is 0 Å². The van der Waals surface area contributed by atoms with Crippen LogP contribution in [0, 0.1) is 0 Å². The summed E-state index contributed by atoms with van der Waals surface area (Å²) in [5.41, 5.74) is 0.772. The molecule has 1 aromatic rings. The Morgan fingerprint density at radius 3 is 3.18 bits per heavy atom. The van der Waals surface area contributed by atoms with E-state index in [9.17, 15) is 4.79 Å². The average Bonchev–Trinajstić information content (AvgIpc) is 2.39. The van der Waals surface area contributed by atoms with Gasteiger partial charge in [0.25, 0.3) is 0 Å². The Hall–Kier alpha value is -1.42. The fourth-order valence-electron chi connectivity index (χ4n) is 2.14. The Labute approximate surface area is 102 Å². The number of hydrogen-bond donors (Lipinski definition) is 2. The molecule has 4 nitrogen and oxygen atoms in total. The van der Waals surface area contributed by atoms with Crippen molar-refractivity contribution in [3.05, 3.63) is 24.5 Å². The van der Waals surface area contributed by atoms with Gasteiger partial charge >= 0.3 is 0 Å². The fourth-order valence-corrected chi connectivity index (χ4v) is 2.14. The molecule has 0 saturated carbocycles. The highest BCUT2D eigenvalue weighted by atomic mass is 16.1. The van der Waals surface area contributed by atoms with Crippen molar-refractivity contribution < 1.29 is 4.79 Å². The zero-order chi connectivity index (χ0) is 11.9. The van der Waals surface area contributed by atoms with Crippen molar-refractivity contribution in [2.24, 2.45) is 0 Å². The third-order valence-electron chi connectivity index (χ3n) is 3.08. The molecule has 1 aliphatic heterocycles. The van der Waals surface area contributed by atoms with Crippen LogP contribution in [0.1, 0.15) is 32.1 Å². The van der Waals surface area contributed by atoms with Gasteiger partial charge in [0.1, 0.15) is 0 Å². The van der Waals surface area contributed by atoms with E-state index in [-0.39, 0.29) is 5.91 Å². The summed E-state index contributed by atoms with van der Waals surface area (Å²) in [6.07, 6.45) is 8.59. The zero-order valence-electron chi connectivity index (χ0n) is 9.98. The molecule has 4 heteroatoms. The first-order valence-corrected chi connectivity index (χ1v) is 6.28. The molecule has 0 spiro atoms. The fraction of sp³-hybridized carbons (Fsp3) is 0.538. The maximum absolute atomic E-state index is 11.7. The van der Waals surface area contributed by atoms with Crippen molar-refractivity contribution in [3.63, 3.8) is 0 Å². The van der Waals surface area contributed by atoms with Crippen molar-refractivity contribution in [2.45, 2.75) is 38.1 Å². The van der Waals surface area contributed by atoms with Crippen LogP contribution < -0.4 is 10.6 Å². The van der Waals surface area contributed by atoms with Crippen LogP contribution in [0.3, 0.4) is 0 Å². The maximum atomic E-state index is 11.7. The Morgan fingerprint density at radius 2 is 2.47 bits per heavy atom. The van der Waals surface area contributed by atoms with Crippen LogP contribution in [0.2, 0.25) is 0 Å². The predicted octanol–water partition coefficient (Wildman–Crippen LogP) is 1.94. The molecule has 2 N–H and O–H groups in total. The van der Waals surface area contributed by atoms with E-state index < -0.39 is 0 Å². The lowest BCUT2D eigenvalue weighted by Crippen LogP contribution is -2.34. The largest absolute Gasteiger partial charge is 0.325 e. The van der Waals surface area contributed by atoms with E-state index in [0.29, 0.717) is 12.5 Å². The van der Waals surface area contributed by atoms with Crippen LogP contribution in [0.25, 0.3) is 0 Å². The summed E-state index contributed by atoms with van der Waals surface area (Å²) in [5.74, 6) is 0.0744. The second kappa shape index (κ2) is 6.35. The lowest BCUT2D eigenvalue weighted by Gasteiger charge is -2.22. The molecule has 0 bridgehead atoms. The molecule has 1 saturated heterocycles. The Kier molecular flexibility index (Phi) is 4.50. The number of anilines is 1. The third-order valence-corrected chi connectivity index (χ3v) is 3.08. The highest BCUT2D eigenvalue weighted by Gasteiger charge is 2.13. The molecule has 1 atom stereocenters. The van der Waals surface area contributed by atoms with E-state index in [1.165, 1.54) is 19.3 Å². The van der Waals surface area contributed by atoms with E-state index in [0.717, 1.165) is 18.7 Å². The average molecular weight is 233 g/mol. The highest BCUT2D eigenvalue weighted by molar-refractivity contribution is 5.90. The quantitative estimate of drug-likeness (QED) is 0.835. The van der Waals surface area contributed by atoms with Gasteiger partial charge in [0, 0.05) is 18.7 Å². The Morgan fingerprint density at radius 1 is 1.53 bits per heavy atom. The van der Waals surface area contributed by atoms with Crippen LogP contribution in [-0.2, 0) is 4.79 Å². The molecule has 92 valence electrons. The van der Waals surface area contributed by atoms with Crippen molar-refractivity contribution in [3.8, 4) is 0 Å². The minimum Gasteiger partial charge on any atom is -0.325 e. The minimum atomic E-state index is 0.0744. The second-order valence-electron chi connectivity index (χ2n) is 4.48. The van der Waals surface area contributed by atoms with Gasteiger partial charge < -0.3 is 10.6 Å². The summed E-state index contributed by atoms with van der Waals surface area (Å²) in [7, 11) is 0. The van der Waals surface area contributed by atoms with Gasteiger partial charge in [0.15, 0.2) is 0 Å². The van der Waals surface area contributed by atoms with Gasteiger partial charge in [-0.2, -0.15) is 0 Å². The second-order valence-corrected chi connectivity index (χ2v) is 4.48. The van der Waals surface area contributed by atoms with Gasteiger partial charge in [-0.1, -0.05) is 6.42 Å². The first kappa shape index (κ1) is 12.0. The number of amides is 1. The molecule has 0 radical (unpaired) electrons. The highest BCUT2D eigenvalue weighted by Crippen LogP contribution is 2.12. The first-order chi connectivity index (χ1) is 8.34. The van der Waals surface area contributed by atoms with Gasteiger partial charge in [-0.05, 0) is 37.9 Å². The van der Waals surface area contributed by atoms with E-state index in [2.05, 4.69) is 15.6 Å². The number of carbonyl (C=O) groups is 1. The lowest BCUT2D eigenvalue weighted by molar-refractivity contribution is -0.116. The number of carbonyl (C=O) groups excluding carboxylic acids is 1. The summed E-state index contributed by atoms with van der Waals surface area (Å²) in [4.78, 5) is 15.6. The summed E-state index contributed by atoms with van der Waals surface area (Å²) >= 11 is 0. The predicted molar refractivity (Wildman–Crippen MR) is 67.7 cm³/mol. The smallest absolute Gasteiger partial charge is 0.224 e. The van der Waals surface area contributed by atoms with Crippen molar-refractivity contribution >= 4 is 11.6 Å². The molecule has 1 fully saturated rings. The van der Waals surface area contributed by atoms with Gasteiger partial charge in [-0.3, -0.25) is 9.78 Å². The van der Waals surface area contributed by atoms with Crippen molar-refractivity contribution in [1.82, 2.24) is 10.3 Å². The minimum absolute atomic E-state index is 0.0744. The SMILES string of the molecule is O=C(CCC1CCCCN1)Nc1cccnc1. The van der Waals surface area contributed by atoms with Crippen LogP contribution >= 0.6 is 0 Å². The summed E-state index contributed by atoms with van der Waals surface area (Å²) in [6, 6.07) is 4.19. The van der Waals surface area contributed by atoms with E-state index in [4.69, 9.17) is 0 Å². The number of aromatic nitrogens is 1. The van der Waals surface area contributed by atoms with Crippen LogP contribution in [-0.4, -0.2) is 23.5 Å². The van der Waals surface area contributed by atoms with Gasteiger partial charge in [0.05, 0.1) is 11.9 Å². The third kappa shape index (κ3) is 4.15. The molecular formula is C13H19N3O. The molecule has 0 aromatic carbocycles. The molecule has 0 aliphatic carbocycles. The number of piperidine rings is 1. The summed E-state index contributed by atoms with van der Waals surface area (Å²) in [5, 5.41) is 6.30. The van der Waals surface area contributed by atoms with E-state index in [1.54, 1.807) is 12.4 Å². The molecule has 1 amide bonds. The Bertz CT molecular complexity index is 347. The number of nitrogens with one attached hydrogen (secondary N) is 2. The number of rotatable bonds is 4. The molecule has 1 aliphatic rings. The molecular weight excluding hydrogens is 214 g/mol. The summed E-state index contributed by atoms with van der Waals surface area (Å²) in [6.45, 7) is 1.09. The van der Waals surface area contributed by atoms with E-state index in [1.807, 2.05) is 12.1 Å². The number of nitrogens with zero attached hydrogens (tertiary/aromatic N) is 1. The van der Waals surface area contributed by atoms with Gasteiger partial charge in [-0.25, -0.2) is 0 Å². The molecule has 2 heterocycles. The molecule has 2 rings (SSSR count). The van der Waals surface area contributed by atoms with Gasteiger partial charge in [-0.15, -0.1) is 0 Å². The van der Waals surface area contributed by atoms with E-state index >= 15 is 0 Å². The summed E-state index contributed by atoms with van der Waals surface area (Å²) < 4.78 is 0. The number of hydrogen-bond acceptors (Lipinski definition) is 3. The molecule has 1 aromatic heterocycles. The topological polar surface area (TPSA) is 54.0 Å². The normalized spacial score (nSPS) is 19.9. The maximum Gasteiger partial charge on any atom is 0.224 e. The number of pyridine rings is 1. The van der Waals surface area contributed by atoms with Crippen LogP contribution in [0.4, 0.5) is 5.69 Å². The molecule has 1 unspecified atom stereocenters. The molecule has 17 heavy (non-hydrogen) atoms. The van der Waals surface area contributed by atoms with Crippen LogP contribution in [0.15, 0.2) is 24.5 Å². The standard InChI is InChI=1S/C13H19N3O/c17-13(16-12-5-3-8-14-10-12)7-6-11-4-1-2-9-15-11/h3,5,8,10-11,15H,1-2,4,6-7,9H2,(H,16,17). The first-order valence-electron chi connectivity index (χ1n) is 6.28. The lowest BCUT2D eigenvalue weighted by atomic mass is 10.0. The zero-order valence-corrected chi connectivity index (χ0v) is 9.98. The van der Waals surface area contributed by atoms with Gasteiger partial charge in [0.2, 0.25) is 5.91 Å².